The second-order valence-corrected chi connectivity index (χ2v) is 7.48. The van der Waals surface area contributed by atoms with Crippen LogP contribution in [0.3, 0.4) is 0 Å². The molecule has 0 radical (unpaired) electrons. The number of aromatic amines is 1. The normalized spacial score (nSPS) is 17.4. The van der Waals surface area contributed by atoms with Crippen molar-refractivity contribution in [2.24, 2.45) is 0 Å². The highest BCUT2D eigenvalue weighted by atomic mass is 16.6. The molecule has 7 nitrogen and oxygen atoms in total. The van der Waals surface area contributed by atoms with Crippen LogP contribution in [0.5, 0.6) is 11.5 Å². The number of benzene rings is 1. The lowest BCUT2D eigenvalue weighted by Crippen LogP contribution is -2.38. The highest BCUT2D eigenvalue weighted by molar-refractivity contribution is 5.95. The van der Waals surface area contributed by atoms with E-state index in [1.807, 2.05) is 31.1 Å². The second-order valence-electron chi connectivity index (χ2n) is 7.48. The molecule has 0 saturated carbocycles. The van der Waals surface area contributed by atoms with Crippen molar-refractivity contribution >= 4 is 5.91 Å². The molecule has 0 spiro atoms. The van der Waals surface area contributed by atoms with Crippen LogP contribution in [0.15, 0.2) is 24.3 Å². The highest BCUT2D eigenvalue weighted by Crippen LogP contribution is 2.32. The summed E-state index contributed by atoms with van der Waals surface area (Å²) in [6.07, 6.45) is 1.87. The van der Waals surface area contributed by atoms with Crippen molar-refractivity contribution in [3.8, 4) is 11.5 Å². The molecule has 4 rings (SSSR count). The number of carbonyl (C=O) groups excluding carboxylic acids is 1. The van der Waals surface area contributed by atoms with Gasteiger partial charge >= 0.3 is 0 Å². The summed E-state index contributed by atoms with van der Waals surface area (Å²) < 4.78 is 11.1. The van der Waals surface area contributed by atoms with Gasteiger partial charge in [-0.2, -0.15) is 5.10 Å². The van der Waals surface area contributed by atoms with E-state index >= 15 is 0 Å². The average molecular weight is 370 g/mol. The van der Waals surface area contributed by atoms with E-state index in [-0.39, 0.29) is 5.91 Å². The molecule has 0 unspecified atom stereocenters. The van der Waals surface area contributed by atoms with Gasteiger partial charge < -0.3 is 19.3 Å². The predicted molar refractivity (Wildman–Crippen MR) is 101 cm³/mol. The van der Waals surface area contributed by atoms with E-state index in [1.165, 1.54) is 0 Å². The topological polar surface area (TPSA) is 70.7 Å². The van der Waals surface area contributed by atoms with Gasteiger partial charge in [-0.05, 0) is 51.2 Å². The minimum atomic E-state index is 0.0562. The standard InChI is InChI=1S/C20H26N4O3/c1-23(2)13-16-12-17(22-21-16)14-5-7-24(8-6-14)20(25)15-3-4-18-19(11-15)27-10-9-26-18/h3-4,11-12,14H,5-10,13H2,1-2H3,(H,21,22). The molecule has 3 heterocycles. The molecule has 1 saturated heterocycles. The molecule has 1 aromatic heterocycles. The number of nitrogens with zero attached hydrogens (tertiary/aromatic N) is 3. The van der Waals surface area contributed by atoms with Crippen LogP contribution in [-0.2, 0) is 6.54 Å². The average Bonchev–Trinajstić information content (AvgIpc) is 3.15. The third-order valence-electron chi connectivity index (χ3n) is 5.13. The van der Waals surface area contributed by atoms with Crippen molar-refractivity contribution in [3.63, 3.8) is 0 Å². The Bertz CT molecular complexity index is 809. The zero-order chi connectivity index (χ0) is 18.8. The van der Waals surface area contributed by atoms with Gasteiger partial charge in [0.05, 0.1) is 5.69 Å². The van der Waals surface area contributed by atoms with Crippen LogP contribution in [0.1, 0.15) is 40.5 Å². The lowest BCUT2D eigenvalue weighted by atomic mass is 9.93. The summed E-state index contributed by atoms with van der Waals surface area (Å²) in [5, 5.41) is 7.61. The quantitative estimate of drug-likeness (QED) is 0.894. The van der Waals surface area contributed by atoms with Gasteiger partial charge in [0.15, 0.2) is 11.5 Å². The third-order valence-corrected chi connectivity index (χ3v) is 5.13. The molecule has 2 aliphatic heterocycles. The number of rotatable bonds is 4. The molecule has 1 aromatic carbocycles. The molecule has 7 heteroatoms. The summed E-state index contributed by atoms with van der Waals surface area (Å²) in [5.74, 6) is 1.83. The zero-order valence-corrected chi connectivity index (χ0v) is 15.9. The lowest BCUT2D eigenvalue weighted by Gasteiger charge is -2.31. The van der Waals surface area contributed by atoms with E-state index in [1.54, 1.807) is 6.07 Å². The molecule has 2 aliphatic rings. The molecule has 27 heavy (non-hydrogen) atoms. The molecule has 1 amide bonds. The molecule has 1 N–H and O–H groups in total. The number of hydrogen-bond donors (Lipinski definition) is 1. The molecule has 0 aliphatic carbocycles. The first kappa shape index (κ1) is 17.9. The van der Waals surface area contributed by atoms with E-state index in [0.717, 1.165) is 43.9 Å². The predicted octanol–water partition coefficient (Wildman–Crippen LogP) is 2.26. The van der Waals surface area contributed by atoms with E-state index in [4.69, 9.17) is 9.47 Å². The summed E-state index contributed by atoms with van der Waals surface area (Å²) in [6, 6.07) is 7.60. The number of aromatic nitrogens is 2. The Morgan fingerprint density at radius 2 is 1.93 bits per heavy atom. The molecule has 2 aromatic rings. The highest BCUT2D eigenvalue weighted by Gasteiger charge is 2.27. The Balaban J connectivity index is 1.37. The zero-order valence-electron chi connectivity index (χ0n) is 15.9. The molecule has 144 valence electrons. The van der Waals surface area contributed by atoms with E-state index < -0.39 is 0 Å². The van der Waals surface area contributed by atoms with Gasteiger partial charge in [0, 0.05) is 36.8 Å². The first-order valence-corrected chi connectivity index (χ1v) is 9.48. The van der Waals surface area contributed by atoms with Crippen LogP contribution < -0.4 is 9.47 Å². The van der Waals surface area contributed by atoms with Gasteiger partial charge in [-0.15, -0.1) is 0 Å². The smallest absolute Gasteiger partial charge is 0.253 e. The maximum absolute atomic E-state index is 12.9. The van der Waals surface area contributed by atoms with Gasteiger partial charge in [-0.25, -0.2) is 0 Å². The number of fused-ring (bicyclic) bond motifs is 1. The van der Waals surface area contributed by atoms with Gasteiger partial charge in [-0.1, -0.05) is 0 Å². The van der Waals surface area contributed by atoms with Crippen molar-refractivity contribution in [2.75, 3.05) is 40.4 Å². The number of nitrogens with one attached hydrogen (secondary N) is 1. The number of ether oxygens (including phenoxy) is 2. The molecule has 0 bridgehead atoms. The molecular weight excluding hydrogens is 344 g/mol. The van der Waals surface area contributed by atoms with Crippen molar-refractivity contribution < 1.29 is 14.3 Å². The minimum absolute atomic E-state index is 0.0562. The number of amides is 1. The SMILES string of the molecule is CN(C)Cc1cc(C2CCN(C(=O)c3ccc4c(c3)OCCO4)CC2)n[nH]1. The van der Waals surface area contributed by atoms with Crippen LogP contribution in [-0.4, -0.2) is 66.3 Å². The summed E-state index contributed by atoms with van der Waals surface area (Å²) >= 11 is 0. The fourth-order valence-corrected chi connectivity index (χ4v) is 3.75. The van der Waals surface area contributed by atoms with E-state index in [9.17, 15) is 4.79 Å². The number of piperidine rings is 1. The molecular formula is C20H26N4O3. The van der Waals surface area contributed by atoms with E-state index in [2.05, 4.69) is 21.2 Å². The van der Waals surface area contributed by atoms with Crippen molar-refractivity contribution in [3.05, 3.63) is 41.2 Å². The van der Waals surface area contributed by atoms with Crippen LogP contribution in [0.25, 0.3) is 0 Å². The van der Waals surface area contributed by atoms with Gasteiger partial charge in [0.1, 0.15) is 13.2 Å². The third kappa shape index (κ3) is 3.93. The van der Waals surface area contributed by atoms with Crippen LogP contribution in [0.4, 0.5) is 0 Å². The summed E-state index contributed by atoms with van der Waals surface area (Å²) in [6.45, 7) is 3.42. The molecule has 0 atom stereocenters. The lowest BCUT2D eigenvalue weighted by molar-refractivity contribution is 0.0711. The Morgan fingerprint density at radius 3 is 2.67 bits per heavy atom. The first-order valence-electron chi connectivity index (χ1n) is 9.48. The summed E-state index contributed by atoms with van der Waals surface area (Å²) in [7, 11) is 4.09. The monoisotopic (exact) mass is 370 g/mol. The maximum Gasteiger partial charge on any atom is 0.253 e. The summed E-state index contributed by atoms with van der Waals surface area (Å²) in [4.78, 5) is 16.9. The van der Waals surface area contributed by atoms with E-state index in [0.29, 0.717) is 36.2 Å². The fourth-order valence-electron chi connectivity index (χ4n) is 3.75. The van der Waals surface area contributed by atoms with Gasteiger partial charge in [0.2, 0.25) is 0 Å². The largest absolute Gasteiger partial charge is 0.486 e. The number of hydrogen-bond acceptors (Lipinski definition) is 5. The number of H-pyrrole nitrogens is 1. The fraction of sp³-hybridized carbons (Fsp3) is 0.500. The number of carbonyl (C=O) groups is 1. The minimum Gasteiger partial charge on any atom is -0.486 e. The van der Waals surface area contributed by atoms with Crippen LogP contribution in [0.2, 0.25) is 0 Å². The van der Waals surface area contributed by atoms with Crippen molar-refractivity contribution in [2.45, 2.75) is 25.3 Å². The second kappa shape index (κ2) is 7.60. The Labute approximate surface area is 159 Å². The Hall–Kier alpha value is -2.54. The van der Waals surface area contributed by atoms with Crippen molar-refractivity contribution in [1.82, 2.24) is 20.0 Å². The van der Waals surface area contributed by atoms with Gasteiger partial charge in [0.25, 0.3) is 5.91 Å². The number of likely N-dealkylation sites (tertiary alicyclic amines) is 1. The van der Waals surface area contributed by atoms with Crippen LogP contribution >= 0.6 is 0 Å². The maximum atomic E-state index is 12.9. The van der Waals surface area contributed by atoms with Gasteiger partial charge in [-0.3, -0.25) is 9.89 Å². The first-order chi connectivity index (χ1) is 13.1. The van der Waals surface area contributed by atoms with Crippen LogP contribution in [0, 0.1) is 0 Å². The Kier molecular flexibility index (Phi) is 5.03. The summed E-state index contributed by atoms with van der Waals surface area (Å²) in [5.41, 5.74) is 2.90. The Morgan fingerprint density at radius 1 is 1.19 bits per heavy atom. The van der Waals surface area contributed by atoms with Crippen molar-refractivity contribution in [1.29, 1.82) is 0 Å². The molecule has 1 fully saturated rings.